The number of carbonyl (C=O) groups excluding carboxylic acids is 4. The van der Waals surface area contributed by atoms with Gasteiger partial charge in [0.1, 0.15) is 24.4 Å². The highest BCUT2D eigenvalue weighted by Crippen LogP contribution is 2.67. The second kappa shape index (κ2) is 33.9. The van der Waals surface area contributed by atoms with Crippen LogP contribution in [-0.4, -0.2) is 134 Å². The molecule has 22 heteroatoms. The molecule has 0 aliphatic heterocycles. The van der Waals surface area contributed by atoms with Crippen LogP contribution >= 0.6 is 22.7 Å². The molecule has 0 fully saturated rings. The molecule has 4 aromatic carbocycles. The Kier molecular flexibility index (Phi) is 27.1. The lowest BCUT2D eigenvalue weighted by molar-refractivity contribution is -0.254. The molecule has 1 aliphatic carbocycles. The predicted octanol–water partition coefficient (Wildman–Crippen LogP) is 17.2. The summed E-state index contributed by atoms with van der Waals surface area (Å²) in [7, 11) is 0. The highest BCUT2D eigenvalue weighted by Gasteiger charge is 2.80. The summed E-state index contributed by atoms with van der Waals surface area (Å²) in [5.74, 6) is -19.4. The van der Waals surface area contributed by atoms with Gasteiger partial charge < -0.3 is 47.4 Å². The van der Waals surface area contributed by atoms with E-state index in [4.69, 9.17) is 47.4 Å². The number of esters is 4. The second-order valence-corrected chi connectivity index (χ2v) is 28.3. The third-order valence-corrected chi connectivity index (χ3v) is 18.6. The van der Waals surface area contributed by atoms with Crippen LogP contribution in [0.2, 0.25) is 0 Å². The van der Waals surface area contributed by atoms with Gasteiger partial charge in [0.2, 0.25) is 0 Å². The molecule has 0 unspecified atom stereocenters. The summed E-state index contributed by atoms with van der Waals surface area (Å²) < 4.78 is 157. The first-order valence-corrected chi connectivity index (χ1v) is 34.2. The zero-order valence-corrected chi connectivity index (χ0v) is 59.1. The lowest BCUT2D eigenvalue weighted by atomic mass is 9.86. The maximum Gasteiger partial charge on any atom is 0.380 e. The third-order valence-electron chi connectivity index (χ3n) is 16.1. The lowest BCUT2D eigenvalue weighted by Crippen LogP contribution is -2.48. The van der Waals surface area contributed by atoms with Crippen molar-refractivity contribution < 1.29 is 92.9 Å². The Balaban J connectivity index is 1.19. The first kappa shape index (κ1) is 77.6. The largest absolute Gasteiger partial charge is 0.463 e. The number of hydrogen-bond donors (Lipinski definition) is 0. The van der Waals surface area contributed by atoms with Gasteiger partial charge in [0.15, 0.2) is 0 Å². The Morgan fingerprint density at radius 1 is 0.361 bits per heavy atom. The average Bonchev–Trinajstić information content (AvgIpc) is 1.52. The summed E-state index contributed by atoms with van der Waals surface area (Å²) in [4.78, 5) is 51.8. The monoisotopic (exact) mass is 1390 g/mol. The molecule has 0 radical (unpaired) electrons. The Hall–Kier alpha value is -6.76. The summed E-state index contributed by atoms with van der Waals surface area (Å²) in [6.07, 6.45) is -1.07. The molecule has 0 amide bonds. The number of rotatable bonds is 36. The molecule has 6 aromatic rings. The van der Waals surface area contributed by atoms with Gasteiger partial charge in [-0.2, -0.15) is 26.3 Å². The Morgan fingerprint density at radius 3 is 0.928 bits per heavy atom. The summed E-state index contributed by atoms with van der Waals surface area (Å²) in [6.45, 7) is 26.8. The summed E-state index contributed by atoms with van der Waals surface area (Å²) in [6, 6.07) is 29.5. The van der Waals surface area contributed by atoms with E-state index in [1.165, 1.54) is 12.1 Å². The summed E-state index contributed by atoms with van der Waals surface area (Å²) >= 11 is 1.94. The van der Waals surface area contributed by atoms with Crippen molar-refractivity contribution in [2.75, 3.05) is 92.5 Å². The third kappa shape index (κ3) is 20.2. The van der Waals surface area contributed by atoms with Crippen molar-refractivity contribution >= 4 is 57.7 Å². The van der Waals surface area contributed by atoms with E-state index in [2.05, 4.69) is 0 Å². The van der Waals surface area contributed by atoms with Crippen LogP contribution in [0.5, 0.6) is 0 Å². The molecule has 7 rings (SSSR count). The van der Waals surface area contributed by atoms with Gasteiger partial charge in [0.25, 0.3) is 0 Å². The van der Waals surface area contributed by atoms with Gasteiger partial charge in [0, 0.05) is 55.0 Å². The highest BCUT2D eigenvalue weighted by molar-refractivity contribution is 7.19. The van der Waals surface area contributed by atoms with Gasteiger partial charge in [-0.25, -0.2) is 0 Å². The van der Waals surface area contributed by atoms with Crippen LogP contribution in [0, 0.1) is 0 Å². The van der Waals surface area contributed by atoms with Gasteiger partial charge in [0.05, 0.1) is 91.8 Å². The number of halogens is 6. The quantitative estimate of drug-likeness (QED) is 0.0158. The maximum absolute atomic E-state index is 17.4. The molecule has 528 valence electrons. The number of benzene rings is 4. The molecule has 0 saturated carbocycles. The molecule has 14 nitrogen and oxygen atoms in total. The van der Waals surface area contributed by atoms with Crippen molar-refractivity contribution in [2.24, 2.45) is 0 Å². The Bertz CT molecular complexity index is 3370. The molecular formula is C75H90F6O14S2. The molecule has 2 aromatic heterocycles. The molecule has 0 saturated heterocycles. The summed E-state index contributed by atoms with van der Waals surface area (Å²) in [5, 5.41) is 0. The number of ether oxygens (including phenoxy) is 10. The van der Waals surface area contributed by atoms with Crippen LogP contribution in [0.4, 0.5) is 26.3 Å². The van der Waals surface area contributed by atoms with Crippen LogP contribution in [0.25, 0.3) is 52.9 Å². The van der Waals surface area contributed by atoms with Crippen molar-refractivity contribution in [3.63, 3.8) is 0 Å². The fraction of sp³-hybridized carbons (Fsp3) is 0.493. The number of hydrogen-bond acceptors (Lipinski definition) is 16. The molecule has 97 heavy (non-hydrogen) atoms. The van der Waals surface area contributed by atoms with Crippen molar-refractivity contribution in [1.82, 2.24) is 0 Å². The van der Waals surface area contributed by atoms with E-state index in [9.17, 15) is 19.2 Å². The van der Waals surface area contributed by atoms with Gasteiger partial charge in [-0.3, -0.25) is 19.2 Å². The van der Waals surface area contributed by atoms with Crippen molar-refractivity contribution in [3.05, 3.63) is 143 Å². The van der Waals surface area contributed by atoms with Crippen molar-refractivity contribution in [1.29, 1.82) is 0 Å². The molecule has 0 spiro atoms. The van der Waals surface area contributed by atoms with E-state index in [-0.39, 0.29) is 82.4 Å². The van der Waals surface area contributed by atoms with Gasteiger partial charge in [-0.1, -0.05) is 139 Å². The van der Waals surface area contributed by atoms with E-state index >= 15 is 26.3 Å². The smallest absolute Gasteiger partial charge is 0.380 e. The van der Waals surface area contributed by atoms with Gasteiger partial charge in [-0.05, 0) is 109 Å². The van der Waals surface area contributed by atoms with E-state index in [0.717, 1.165) is 33.8 Å². The average molecular weight is 1390 g/mol. The lowest BCUT2D eigenvalue weighted by Gasteiger charge is -2.26. The normalized spacial score (nSPS) is 14.6. The minimum absolute atomic E-state index is 0.0239. The fourth-order valence-electron chi connectivity index (χ4n) is 10.6. The highest BCUT2D eigenvalue weighted by atomic mass is 32.1. The van der Waals surface area contributed by atoms with Crippen LogP contribution in [0.3, 0.4) is 0 Å². The molecule has 0 N–H and O–H groups in total. The minimum atomic E-state index is -5.92. The van der Waals surface area contributed by atoms with E-state index in [1.807, 2.05) is 55.4 Å². The topological polar surface area (TPSA) is 161 Å². The predicted molar refractivity (Wildman–Crippen MR) is 364 cm³/mol. The van der Waals surface area contributed by atoms with E-state index in [0.29, 0.717) is 99.4 Å². The van der Waals surface area contributed by atoms with Gasteiger partial charge >= 0.3 is 41.6 Å². The molecule has 0 atom stereocenters. The molecule has 2 heterocycles. The Labute approximate surface area is 573 Å². The number of carbonyl (C=O) groups is 4. The molecule has 1 aliphatic rings. The first-order chi connectivity index (χ1) is 45.7. The Morgan fingerprint density at radius 2 is 0.629 bits per heavy atom. The molecular weight excluding hydrogens is 1300 g/mol. The zero-order chi connectivity index (χ0) is 71.0. The number of allylic oxidation sites excluding steroid dienone is 2. The number of alkyl halides is 6. The van der Waals surface area contributed by atoms with Crippen molar-refractivity contribution in [2.45, 2.75) is 149 Å². The maximum atomic E-state index is 17.4. The standard InChI is InChI=1S/C75H90F6O14S2/c1-13-86-35-37-88-39-41-90-43-45-92-61(82)31-33-63(84)94-71(9,10)55-27-15-49(16-28-55)59-47-57(67(96-59)51-19-23-53(24-20-51)69(3,4)5)65-66(74(78,79)75(80,81)73(65,76)77)58-48-60(97-68(58)52-21-25-54(26-22-52)70(6,7)8)50-17-29-56(30-18-50)72(11,12)95-64(85)34-32-62(83)93-46-44-91-42-40-89-38-36-87-14-2/h15-30,47-48H,13-14,31-46H2,1-12H3. The van der Waals surface area contributed by atoms with Gasteiger partial charge in [-0.15, -0.1) is 22.7 Å². The SMILES string of the molecule is CCOCCOCCOCCOC(=O)CCC(=O)OC(C)(C)c1ccc(-c2cc(C3=C(c4cc(-c5ccc(C(C)(C)OC(=O)CCC(=O)OCCOCCOCCOCC)cc5)sc4-c4ccc(C(C)(C)C)cc4)C(F)(F)C(F)(F)C3(F)F)c(-c3ccc(C(C)(C)C)cc3)s2)cc1. The van der Waals surface area contributed by atoms with Crippen LogP contribution in [0.1, 0.15) is 142 Å². The van der Waals surface area contributed by atoms with Crippen LogP contribution in [0.15, 0.2) is 109 Å². The van der Waals surface area contributed by atoms with Crippen LogP contribution in [-0.2, 0) is 88.6 Å². The van der Waals surface area contributed by atoms with E-state index in [1.54, 1.807) is 125 Å². The fourth-order valence-corrected chi connectivity index (χ4v) is 12.9. The first-order valence-electron chi connectivity index (χ1n) is 32.6. The molecule has 0 bridgehead atoms. The second-order valence-electron chi connectivity index (χ2n) is 26.2. The summed E-state index contributed by atoms with van der Waals surface area (Å²) in [5.41, 5.74) is -3.08. The van der Waals surface area contributed by atoms with Crippen molar-refractivity contribution in [3.8, 4) is 41.8 Å². The van der Waals surface area contributed by atoms with Crippen LogP contribution < -0.4 is 0 Å². The zero-order valence-electron chi connectivity index (χ0n) is 57.4. The van der Waals surface area contributed by atoms with E-state index < -0.39 is 75.1 Å². The minimum Gasteiger partial charge on any atom is -0.463 e. The number of thiophene rings is 2.